The topological polar surface area (TPSA) is 92.7 Å². The SMILES string of the molecule is O=c1[nH]c(C2=NCCCC2)nc2c1CN(Cc1cccc(-c3ccc4c(c3)OCO4)n1)CC2. The van der Waals surface area contributed by atoms with E-state index in [0.717, 1.165) is 84.2 Å². The minimum atomic E-state index is -0.0463. The number of benzene rings is 1. The first-order chi connectivity index (χ1) is 16.2. The van der Waals surface area contributed by atoms with Gasteiger partial charge in [0.2, 0.25) is 6.79 Å². The van der Waals surface area contributed by atoms with E-state index in [1.54, 1.807) is 0 Å². The predicted molar refractivity (Wildman–Crippen MR) is 124 cm³/mol. The Kier molecular flexibility index (Phi) is 5.14. The number of aliphatic imine (C=N–C) groups is 1. The Balaban J connectivity index is 1.20. The third-order valence-electron chi connectivity index (χ3n) is 6.41. The van der Waals surface area contributed by atoms with Gasteiger partial charge in [-0.15, -0.1) is 0 Å². The fourth-order valence-corrected chi connectivity index (χ4v) is 4.66. The van der Waals surface area contributed by atoms with Crippen LogP contribution in [-0.2, 0) is 19.5 Å². The van der Waals surface area contributed by atoms with E-state index in [4.69, 9.17) is 19.4 Å². The normalized spacial score (nSPS) is 17.5. The molecule has 3 aromatic rings. The Morgan fingerprint density at radius 1 is 1.03 bits per heavy atom. The number of fused-ring (bicyclic) bond motifs is 2. The molecule has 6 rings (SSSR count). The summed E-state index contributed by atoms with van der Waals surface area (Å²) in [4.78, 5) is 32.3. The van der Waals surface area contributed by atoms with Crippen LogP contribution in [0.25, 0.3) is 11.3 Å². The number of hydrogen-bond acceptors (Lipinski definition) is 7. The second-order valence-corrected chi connectivity index (χ2v) is 8.67. The molecule has 1 aromatic carbocycles. The average molecular weight is 444 g/mol. The van der Waals surface area contributed by atoms with E-state index >= 15 is 0 Å². The molecule has 0 saturated carbocycles. The van der Waals surface area contributed by atoms with Gasteiger partial charge in [-0.1, -0.05) is 6.07 Å². The van der Waals surface area contributed by atoms with Crippen LogP contribution in [0.1, 0.15) is 42.0 Å². The van der Waals surface area contributed by atoms with Gasteiger partial charge in [-0.2, -0.15) is 0 Å². The number of aromatic amines is 1. The van der Waals surface area contributed by atoms with Gasteiger partial charge in [0.05, 0.1) is 28.4 Å². The molecule has 2 aromatic heterocycles. The molecule has 168 valence electrons. The predicted octanol–water partition coefficient (Wildman–Crippen LogP) is 3.09. The van der Waals surface area contributed by atoms with Crippen molar-refractivity contribution in [3.63, 3.8) is 0 Å². The summed E-state index contributed by atoms with van der Waals surface area (Å²) < 4.78 is 10.9. The zero-order chi connectivity index (χ0) is 22.2. The zero-order valence-electron chi connectivity index (χ0n) is 18.3. The lowest BCUT2D eigenvalue weighted by molar-refractivity contribution is 0.174. The van der Waals surface area contributed by atoms with Crippen LogP contribution in [0, 0.1) is 0 Å². The molecule has 0 radical (unpaired) electrons. The minimum Gasteiger partial charge on any atom is -0.454 e. The van der Waals surface area contributed by atoms with E-state index in [0.29, 0.717) is 18.9 Å². The Hall–Kier alpha value is -3.52. The highest BCUT2D eigenvalue weighted by Crippen LogP contribution is 2.35. The van der Waals surface area contributed by atoms with Gasteiger partial charge in [-0.05, 0) is 49.6 Å². The fraction of sp³-hybridized carbons (Fsp3) is 0.360. The maximum Gasteiger partial charge on any atom is 0.255 e. The molecule has 8 heteroatoms. The number of ether oxygens (including phenoxy) is 2. The van der Waals surface area contributed by atoms with Crippen molar-refractivity contribution in [2.24, 2.45) is 4.99 Å². The van der Waals surface area contributed by atoms with Crippen LogP contribution in [0.4, 0.5) is 0 Å². The molecular formula is C25H25N5O3. The van der Waals surface area contributed by atoms with Crippen molar-refractivity contribution in [2.75, 3.05) is 19.9 Å². The molecule has 0 unspecified atom stereocenters. The van der Waals surface area contributed by atoms with Crippen LogP contribution in [0.3, 0.4) is 0 Å². The second kappa shape index (κ2) is 8.44. The number of nitrogens with one attached hydrogen (secondary N) is 1. The monoisotopic (exact) mass is 443 g/mol. The molecule has 1 N–H and O–H groups in total. The first kappa shape index (κ1) is 20.1. The van der Waals surface area contributed by atoms with Crippen molar-refractivity contribution in [1.82, 2.24) is 19.9 Å². The molecule has 8 nitrogen and oxygen atoms in total. The Labute approximate surface area is 191 Å². The molecule has 3 aliphatic heterocycles. The molecule has 33 heavy (non-hydrogen) atoms. The molecule has 5 heterocycles. The largest absolute Gasteiger partial charge is 0.454 e. The van der Waals surface area contributed by atoms with Gasteiger partial charge in [0.25, 0.3) is 5.56 Å². The van der Waals surface area contributed by atoms with Gasteiger partial charge < -0.3 is 14.5 Å². The number of pyridine rings is 1. The maximum absolute atomic E-state index is 12.8. The first-order valence-corrected chi connectivity index (χ1v) is 11.5. The molecule has 0 bridgehead atoms. The lowest BCUT2D eigenvalue weighted by Gasteiger charge is -2.27. The highest BCUT2D eigenvalue weighted by molar-refractivity contribution is 5.97. The zero-order valence-corrected chi connectivity index (χ0v) is 18.3. The third kappa shape index (κ3) is 4.02. The molecule has 3 aliphatic rings. The smallest absolute Gasteiger partial charge is 0.255 e. The van der Waals surface area contributed by atoms with Crippen LogP contribution < -0.4 is 15.0 Å². The van der Waals surface area contributed by atoms with Gasteiger partial charge in [0.1, 0.15) is 0 Å². The van der Waals surface area contributed by atoms with Crippen molar-refractivity contribution in [2.45, 2.75) is 38.8 Å². The summed E-state index contributed by atoms with van der Waals surface area (Å²) in [5, 5.41) is 0. The van der Waals surface area contributed by atoms with Gasteiger partial charge in [0, 0.05) is 38.2 Å². The van der Waals surface area contributed by atoms with E-state index in [2.05, 4.69) is 14.9 Å². The van der Waals surface area contributed by atoms with E-state index in [1.165, 1.54) is 0 Å². The first-order valence-electron chi connectivity index (χ1n) is 11.5. The second-order valence-electron chi connectivity index (χ2n) is 8.67. The molecule has 0 spiro atoms. The summed E-state index contributed by atoms with van der Waals surface area (Å²) in [6.07, 6.45) is 3.85. The van der Waals surface area contributed by atoms with Crippen molar-refractivity contribution in [1.29, 1.82) is 0 Å². The summed E-state index contributed by atoms with van der Waals surface area (Å²) in [7, 11) is 0. The lowest BCUT2D eigenvalue weighted by Crippen LogP contribution is -2.36. The Morgan fingerprint density at radius 2 is 1.97 bits per heavy atom. The van der Waals surface area contributed by atoms with Gasteiger partial charge >= 0.3 is 0 Å². The number of nitrogens with zero attached hydrogens (tertiary/aromatic N) is 4. The van der Waals surface area contributed by atoms with E-state index < -0.39 is 0 Å². The summed E-state index contributed by atoms with van der Waals surface area (Å²) in [5.41, 5.74) is 5.40. The maximum atomic E-state index is 12.8. The van der Waals surface area contributed by atoms with Crippen LogP contribution in [0.2, 0.25) is 0 Å². The number of H-pyrrole nitrogens is 1. The summed E-state index contributed by atoms with van der Waals surface area (Å²) in [5.74, 6) is 2.17. The molecule has 0 atom stereocenters. The number of aromatic nitrogens is 3. The highest BCUT2D eigenvalue weighted by atomic mass is 16.7. The highest BCUT2D eigenvalue weighted by Gasteiger charge is 2.23. The van der Waals surface area contributed by atoms with Gasteiger partial charge in [0.15, 0.2) is 17.3 Å². The summed E-state index contributed by atoms with van der Waals surface area (Å²) in [6.45, 7) is 3.16. The van der Waals surface area contributed by atoms with E-state index in [1.807, 2.05) is 36.4 Å². The van der Waals surface area contributed by atoms with E-state index in [-0.39, 0.29) is 12.4 Å². The Morgan fingerprint density at radius 3 is 2.88 bits per heavy atom. The summed E-state index contributed by atoms with van der Waals surface area (Å²) >= 11 is 0. The quantitative estimate of drug-likeness (QED) is 0.666. The van der Waals surface area contributed by atoms with Gasteiger partial charge in [-0.25, -0.2) is 4.98 Å². The molecule has 0 aliphatic carbocycles. The molecule has 0 fully saturated rings. The van der Waals surface area contributed by atoms with Crippen molar-refractivity contribution >= 4 is 5.71 Å². The fourth-order valence-electron chi connectivity index (χ4n) is 4.66. The number of hydrogen-bond donors (Lipinski definition) is 1. The van der Waals surface area contributed by atoms with Crippen LogP contribution in [0.5, 0.6) is 11.5 Å². The third-order valence-corrected chi connectivity index (χ3v) is 6.41. The van der Waals surface area contributed by atoms with Crippen molar-refractivity contribution in [3.05, 3.63) is 69.5 Å². The molecule has 0 saturated heterocycles. The molecule has 0 amide bonds. The van der Waals surface area contributed by atoms with E-state index in [9.17, 15) is 4.79 Å². The lowest BCUT2D eigenvalue weighted by atomic mass is 10.0. The minimum absolute atomic E-state index is 0.0463. The standard InChI is InChI=1S/C25H25N5O3/c31-25-18-14-30(11-9-20(18)28-24(29-25)21-5-1-2-10-26-21)13-17-4-3-6-19(27-17)16-7-8-22-23(12-16)33-15-32-22/h3-4,6-8,12H,1-2,5,9-11,13-15H2,(H,28,29,31). The Bertz CT molecular complexity index is 1300. The molecular weight excluding hydrogens is 418 g/mol. The average Bonchev–Trinajstić information content (AvgIpc) is 3.33. The summed E-state index contributed by atoms with van der Waals surface area (Å²) in [6, 6.07) is 11.9. The number of rotatable bonds is 4. The van der Waals surface area contributed by atoms with Crippen molar-refractivity contribution < 1.29 is 9.47 Å². The van der Waals surface area contributed by atoms with Crippen LogP contribution in [0.15, 0.2) is 46.2 Å². The van der Waals surface area contributed by atoms with Crippen LogP contribution >= 0.6 is 0 Å². The van der Waals surface area contributed by atoms with Gasteiger partial charge in [-0.3, -0.25) is 19.7 Å². The van der Waals surface area contributed by atoms with Crippen molar-refractivity contribution in [3.8, 4) is 22.8 Å². The van der Waals surface area contributed by atoms with Crippen LogP contribution in [-0.4, -0.2) is 45.4 Å².